The van der Waals surface area contributed by atoms with Gasteiger partial charge >= 0.3 is 0 Å². The van der Waals surface area contributed by atoms with Crippen molar-refractivity contribution in [2.75, 3.05) is 20.1 Å². The zero-order valence-corrected chi connectivity index (χ0v) is 17.3. The second-order valence-electron chi connectivity index (χ2n) is 7.97. The number of aromatic nitrogens is 2. The molecule has 2 atom stereocenters. The largest absolute Gasteiger partial charge is 0.469 e. The van der Waals surface area contributed by atoms with Gasteiger partial charge in [0, 0.05) is 38.1 Å². The van der Waals surface area contributed by atoms with E-state index in [-0.39, 0.29) is 23.8 Å². The number of hydrogen-bond donors (Lipinski definition) is 2. The number of furan rings is 1. The van der Waals surface area contributed by atoms with E-state index in [0.29, 0.717) is 31.0 Å². The van der Waals surface area contributed by atoms with Crippen LogP contribution in [0.25, 0.3) is 5.52 Å². The lowest BCUT2D eigenvalue weighted by molar-refractivity contribution is -0.125. The zero-order valence-electron chi connectivity index (χ0n) is 17.3. The van der Waals surface area contributed by atoms with E-state index in [9.17, 15) is 9.59 Å². The molecular formula is C22H27N5O3. The Morgan fingerprint density at radius 1 is 1.23 bits per heavy atom. The van der Waals surface area contributed by atoms with E-state index in [1.165, 1.54) is 6.26 Å². The highest BCUT2D eigenvalue weighted by Gasteiger charge is 2.28. The molecule has 1 fully saturated rings. The third-order valence-electron chi connectivity index (χ3n) is 5.71. The molecule has 8 heteroatoms. The van der Waals surface area contributed by atoms with Crippen molar-refractivity contribution in [3.05, 3.63) is 59.8 Å². The second kappa shape index (κ2) is 8.71. The van der Waals surface area contributed by atoms with Crippen LogP contribution in [0.1, 0.15) is 34.5 Å². The Balaban J connectivity index is 1.34. The van der Waals surface area contributed by atoms with Crippen LogP contribution in [0, 0.1) is 12.8 Å². The number of aryl methyl sites for hydroxylation is 1. The molecule has 0 unspecified atom stereocenters. The molecule has 0 bridgehead atoms. The third-order valence-corrected chi connectivity index (χ3v) is 5.71. The number of pyridine rings is 1. The van der Waals surface area contributed by atoms with Crippen molar-refractivity contribution in [1.82, 2.24) is 25.1 Å². The minimum absolute atomic E-state index is 0.00450. The third kappa shape index (κ3) is 4.38. The number of rotatable bonds is 5. The summed E-state index contributed by atoms with van der Waals surface area (Å²) >= 11 is 0. The van der Waals surface area contributed by atoms with E-state index in [2.05, 4.69) is 20.6 Å². The number of nitrogens with one attached hydrogen (secondary N) is 2. The summed E-state index contributed by atoms with van der Waals surface area (Å²) in [6.07, 6.45) is 6.64. The zero-order chi connectivity index (χ0) is 21.1. The van der Waals surface area contributed by atoms with Gasteiger partial charge < -0.3 is 20.0 Å². The maximum absolute atomic E-state index is 12.8. The summed E-state index contributed by atoms with van der Waals surface area (Å²) in [5.41, 5.74) is 2.59. The molecule has 2 amide bonds. The minimum Gasteiger partial charge on any atom is -0.469 e. The van der Waals surface area contributed by atoms with E-state index < -0.39 is 0 Å². The molecule has 2 N–H and O–H groups in total. The van der Waals surface area contributed by atoms with Crippen molar-refractivity contribution in [2.24, 2.45) is 5.92 Å². The molecule has 3 aromatic rings. The summed E-state index contributed by atoms with van der Waals surface area (Å²) in [6, 6.07) is 7.55. The Morgan fingerprint density at radius 3 is 2.90 bits per heavy atom. The van der Waals surface area contributed by atoms with Gasteiger partial charge in [0.05, 0.1) is 23.3 Å². The molecule has 158 valence electrons. The van der Waals surface area contributed by atoms with Crippen LogP contribution in [0.2, 0.25) is 0 Å². The highest BCUT2D eigenvalue weighted by Crippen LogP contribution is 2.18. The van der Waals surface area contributed by atoms with Gasteiger partial charge in [-0.25, -0.2) is 4.52 Å². The van der Waals surface area contributed by atoms with E-state index in [4.69, 9.17) is 4.42 Å². The molecule has 4 rings (SSSR count). The number of fused-ring (bicyclic) bond motifs is 1. The Hall–Kier alpha value is -3.13. The van der Waals surface area contributed by atoms with Gasteiger partial charge in [0.15, 0.2) is 0 Å². The Morgan fingerprint density at radius 2 is 2.10 bits per heavy atom. The first-order valence-corrected chi connectivity index (χ1v) is 10.2. The first-order valence-electron chi connectivity index (χ1n) is 10.2. The molecule has 3 aromatic heterocycles. The molecule has 1 aliphatic rings. The van der Waals surface area contributed by atoms with Crippen molar-refractivity contribution in [3.8, 4) is 0 Å². The van der Waals surface area contributed by atoms with Crippen LogP contribution < -0.4 is 10.6 Å². The fourth-order valence-electron chi connectivity index (χ4n) is 4.12. The van der Waals surface area contributed by atoms with Gasteiger partial charge in [0.1, 0.15) is 5.76 Å². The molecule has 0 aromatic carbocycles. The van der Waals surface area contributed by atoms with Crippen LogP contribution in [0.4, 0.5) is 0 Å². The Labute approximate surface area is 175 Å². The average Bonchev–Trinajstić information content (AvgIpc) is 3.33. The lowest BCUT2D eigenvalue weighted by Gasteiger charge is -2.21. The standard InChI is InChI=1S/C22H27N5O3/c1-15-19(8-11-30-15)22(29)25-18-6-5-17(13-26(2)14-18)21(28)23-12-16-4-3-10-27-20(16)7-9-24-27/h3-4,7-11,17-18H,5-6,12-14H2,1-2H3,(H,23,28)(H,25,29)/t17-,18+/m1/s1. The van der Waals surface area contributed by atoms with Crippen molar-refractivity contribution in [1.29, 1.82) is 0 Å². The molecule has 30 heavy (non-hydrogen) atoms. The van der Waals surface area contributed by atoms with Crippen LogP contribution in [-0.2, 0) is 11.3 Å². The fraction of sp³-hybridized carbons (Fsp3) is 0.409. The summed E-state index contributed by atoms with van der Waals surface area (Å²) in [7, 11) is 1.99. The van der Waals surface area contributed by atoms with Crippen molar-refractivity contribution in [2.45, 2.75) is 32.4 Å². The van der Waals surface area contributed by atoms with Gasteiger partial charge in [-0.2, -0.15) is 5.10 Å². The lowest BCUT2D eigenvalue weighted by atomic mass is 10.0. The van der Waals surface area contributed by atoms with Crippen LogP contribution in [0.15, 0.2) is 47.3 Å². The van der Waals surface area contributed by atoms with Crippen LogP contribution in [-0.4, -0.2) is 52.5 Å². The Bertz CT molecular complexity index is 1040. The topological polar surface area (TPSA) is 91.9 Å². The number of likely N-dealkylation sites (tertiary alicyclic amines) is 1. The van der Waals surface area contributed by atoms with Gasteiger partial charge in [-0.15, -0.1) is 0 Å². The van der Waals surface area contributed by atoms with Crippen molar-refractivity contribution < 1.29 is 14.0 Å². The van der Waals surface area contributed by atoms with Crippen molar-refractivity contribution in [3.63, 3.8) is 0 Å². The number of carbonyl (C=O) groups excluding carboxylic acids is 2. The molecular weight excluding hydrogens is 382 g/mol. The van der Waals surface area contributed by atoms with E-state index in [1.54, 1.807) is 23.7 Å². The smallest absolute Gasteiger partial charge is 0.255 e. The van der Waals surface area contributed by atoms with Gasteiger partial charge in [-0.3, -0.25) is 9.59 Å². The molecule has 0 spiro atoms. The molecule has 1 aliphatic heterocycles. The number of amides is 2. The second-order valence-corrected chi connectivity index (χ2v) is 7.97. The van der Waals surface area contributed by atoms with Crippen molar-refractivity contribution >= 4 is 17.3 Å². The predicted molar refractivity (Wildman–Crippen MR) is 112 cm³/mol. The highest BCUT2D eigenvalue weighted by atomic mass is 16.3. The average molecular weight is 409 g/mol. The van der Waals surface area contributed by atoms with Gasteiger partial charge in [-0.1, -0.05) is 6.07 Å². The molecule has 0 saturated carbocycles. The number of likely N-dealkylation sites (N-methyl/N-ethyl adjacent to an activating group) is 1. The van der Waals surface area contributed by atoms with Gasteiger partial charge in [-0.05, 0) is 50.6 Å². The summed E-state index contributed by atoms with van der Waals surface area (Å²) in [5.74, 6) is 0.412. The maximum Gasteiger partial charge on any atom is 0.255 e. The maximum atomic E-state index is 12.8. The van der Waals surface area contributed by atoms with E-state index in [1.807, 2.05) is 31.4 Å². The summed E-state index contributed by atoms with van der Waals surface area (Å²) in [5, 5.41) is 10.4. The molecule has 1 saturated heterocycles. The SMILES string of the molecule is Cc1occc1C(=O)N[C@H]1CC[C@@H](C(=O)NCc2cccn3nccc23)CN(C)C1. The number of nitrogens with zero attached hydrogens (tertiary/aromatic N) is 3. The summed E-state index contributed by atoms with van der Waals surface area (Å²) in [6.45, 7) is 3.62. The molecule has 4 heterocycles. The summed E-state index contributed by atoms with van der Waals surface area (Å²) < 4.78 is 7.03. The first kappa shape index (κ1) is 20.2. The van der Waals surface area contributed by atoms with Crippen LogP contribution in [0.3, 0.4) is 0 Å². The predicted octanol–water partition coefficient (Wildman–Crippen LogP) is 1.99. The molecule has 8 nitrogen and oxygen atoms in total. The monoisotopic (exact) mass is 409 g/mol. The lowest BCUT2D eigenvalue weighted by Crippen LogP contribution is -2.42. The highest BCUT2D eigenvalue weighted by molar-refractivity contribution is 5.95. The minimum atomic E-state index is -0.128. The van der Waals surface area contributed by atoms with E-state index >= 15 is 0 Å². The first-order chi connectivity index (χ1) is 14.5. The molecule has 0 aliphatic carbocycles. The number of hydrogen-bond acceptors (Lipinski definition) is 5. The van der Waals surface area contributed by atoms with Gasteiger partial charge in [0.2, 0.25) is 5.91 Å². The quantitative estimate of drug-likeness (QED) is 0.672. The Kier molecular flexibility index (Phi) is 5.85. The van der Waals surface area contributed by atoms with Crippen LogP contribution in [0.5, 0.6) is 0 Å². The van der Waals surface area contributed by atoms with Gasteiger partial charge in [0.25, 0.3) is 5.91 Å². The van der Waals surface area contributed by atoms with E-state index in [0.717, 1.165) is 23.9 Å². The summed E-state index contributed by atoms with van der Waals surface area (Å²) in [4.78, 5) is 27.5. The molecule has 0 radical (unpaired) electrons. The normalized spacial score (nSPS) is 20.1. The number of carbonyl (C=O) groups is 2. The fourth-order valence-corrected chi connectivity index (χ4v) is 4.12. The van der Waals surface area contributed by atoms with Crippen LogP contribution >= 0.6 is 0 Å².